The van der Waals surface area contributed by atoms with E-state index in [1.165, 1.54) is 0 Å². The summed E-state index contributed by atoms with van der Waals surface area (Å²) in [6.45, 7) is 4.95. The Kier molecular flexibility index (Phi) is 5.55. The van der Waals surface area contributed by atoms with Crippen LogP contribution in [0.25, 0.3) is 0 Å². The van der Waals surface area contributed by atoms with Gasteiger partial charge in [0.2, 0.25) is 0 Å². The van der Waals surface area contributed by atoms with E-state index in [9.17, 15) is 9.59 Å². The van der Waals surface area contributed by atoms with Gasteiger partial charge in [0.15, 0.2) is 12.3 Å². The second-order valence-corrected chi connectivity index (χ2v) is 6.07. The molecule has 0 saturated heterocycles. The SMILES string of the molecule is CCOC(=O)c1n[nH]c2c1CN(C(=O)COc1ccccc1CC)CC2. The van der Waals surface area contributed by atoms with Crippen LogP contribution in [0.2, 0.25) is 0 Å². The highest BCUT2D eigenvalue weighted by Gasteiger charge is 2.28. The fraction of sp³-hybridized carbons (Fsp3) is 0.421. The van der Waals surface area contributed by atoms with E-state index in [4.69, 9.17) is 9.47 Å². The largest absolute Gasteiger partial charge is 0.483 e. The molecule has 0 radical (unpaired) electrons. The highest BCUT2D eigenvalue weighted by atomic mass is 16.5. The van der Waals surface area contributed by atoms with E-state index in [0.717, 1.165) is 29.0 Å². The molecular weight excluding hydrogens is 334 g/mol. The minimum atomic E-state index is -0.465. The van der Waals surface area contributed by atoms with Crippen molar-refractivity contribution in [3.8, 4) is 5.75 Å². The zero-order valence-corrected chi connectivity index (χ0v) is 15.1. The molecule has 138 valence electrons. The second-order valence-electron chi connectivity index (χ2n) is 6.07. The summed E-state index contributed by atoms with van der Waals surface area (Å²) in [5.41, 5.74) is 2.95. The van der Waals surface area contributed by atoms with E-state index in [-0.39, 0.29) is 24.8 Å². The lowest BCUT2D eigenvalue weighted by atomic mass is 10.1. The van der Waals surface area contributed by atoms with Crippen LogP contribution in [0.15, 0.2) is 24.3 Å². The van der Waals surface area contributed by atoms with Gasteiger partial charge in [-0.15, -0.1) is 0 Å². The molecule has 3 rings (SSSR count). The number of aryl methyl sites for hydroxylation is 1. The Morgan fingerprint density at radius 3 is 2.85 bits per heavy atom. The van der Waals surface area contributed by atoms with Gasteiger partial charge in [0.05, 0.1) is 13.2 Å². The van der Waals surface area contributed by atoms with Crippen LogP contribution in [0.5, 0.6) is 5.75 Å². The Balaban J connectivity index is 1.65. The molecule has 0 unspecified atom stereocenters. The maximum Gasteiger partial charge on any atom is 0.359 e. The first-order valence-corrected chi connectivity index (χ1v) is 8.85. The van der Waals surface area contributed by atoms with Gasteiger partial charge in [-0.2, -0.15) is 5.10 Å². The Hall–Kier alpha value is -2.83. The molecule has 1 aromatic carbocycles. The Morgan fingerprint density at radius 1 is 1.27 bits per heavy atom. The lowest BCUT2D eigenvalue weighted by Gasteiger charge is -2.27. The van der Waals surface area contributed by atoms with Crippen LogP contribution < -0.4 is 4.74 Å². The first kappa shape index (κ1) is 18.0. The third-order valence-electron chi connectivity index (χ3n) is 4.46. The fourth-order valence-corrected chi connectivity index (χ4v) is 3.04. The number of aromatic nitrogens is 2. The molecule has 0 atom stereocenters. The minimum Gasteiger partial charge on any atom is -0.483 e. The summed E-state index contributed by atoms with van der Waals surface area (Å²) < 4.78 is 10.8. The van der Waals surface area contributed by atoms with Crippen molar-refractivity contribution in [2.45, 2.75) is 33.2 Å². The zero-order chi connectivity index (χ0) is 18.5. The molecule has 1 N–H and O–H groups in total. The molecule has 2 aromatic rings. The van der Waals surface area contributed by atoms with Crippen molar-refractivity contribution in [2.75, 3.05) is 19.8 Å². The van der Waals surface area contributed by atoms with E-state index in [1.54, 1.807) is 11.8 Å². The predicted molar refractivity (Wildman–Crippen MR) is 95.0 cm³/mol. The third kappa shape index (κ3) is 3.71. The van der Waals surface area contributed by atoms with Gasteiger partial charge < -0.3 is 14.4 Å². The monoisotopic (exact) mass is 357 g/mol. The number of ether oxygens (including phenoxy) is 2. The zero-order valence-electron chi connectivity index (χ0n) is 15.1. The van der Waals surface area contributed by atoms with Crippen molar-refractivity contribution >= 4 is 11.9 Å². The summed E-state index contributed by atoms with van der Waals surface area (Å²) in [7, 11) is 0. The summed E-state index contributed by atoms with van der Waals surface area (Å²) in [5, 5.41) is 6.94. The molecular formula is C19H23N3O4. The Morgan fingerprint density at radius 2 is 2.08 bits per heavy atom. The molecule has 0 spiro atoms. The molecule has 7 nitrogen and oxygen atoms in total. The van der Waals surface area contributed by atoms with Crippen molar-refractivity contribution in [3.05, 3.63) is 46.8 Å². The Bertz CT molecular complexity index is 800. The van der Waals surface area contributed by atoms with Crippen molar-refractivity contribution in [1.29, 1.82) is 0 Å². The Labute approximate surface area is 152 Å². The summed E-state index contributed by atoms with van der Waals surface area (Å²) >= 11 is 0. The molecule has 0 fully saturated rings. The van der Waals surface area contributed by atoms with E-state index >= 15 is 0 Å². The van der Waals surface area contributed by atoms with Gasteiger partial charge in [0.25, 0.3) is 5.91 Å². The molecule has 0 aliphatic carbocycles. The van der Waals surface area contributed by atoms with E-state index in [0.29, 0.717) is 19.5 Å². The number of H-pyrrole nitrogens is 1. The first-order chi connectivity index (χ1) is 12.6. The average Bonchev–Trinajstić information content (AvgIpc) is 3.09. The number of carbonyl (C=O) groups is 2. The normalized spacial score (nSPS) is 13.2. The van der Waals surface area contributed by atoms with Gasteiger partial charge in [0.1, 0.15) is 5.75 Å². The van der Waals surface area contributed by atoms with Gasteiger partial charge in [-0.3, -0.25) is 9.89 Å². The summed E-state index contributed by atoms with van der Waals surface area (Å²) in [6.07, 6.45) is 1.47. The number of hydrogen-bond acceptors (Lipinski definition) is 5. The number of nitrogens with zero attached hydrogens (tertiary/aromatic N) is 2. The second kappa shape index (κ2) is 8.03. The van der Waals surface area contributed by atoms with E-state index < -0.39 is 5.97 Å². The van der Waals surface area contributed by atoms with Crippen LogP contribution in [-0.2, 0) is 28.9 Å². The van der Waals surface area contributed by atoms with Crippen molar-refractivity contribution in [3.63, 3.8) is 0 Å². The maximum absolute atomic E-state index is 12.6. The standard InChI is InChI=1S/C19H23N3O4/c1-3-13-7-5-6-8-16(13)26-12-17(23)22-10-9-15-14(11-22)18(21-20-15)19(24)25-4-2/h5-8H,3-4,9-12H2,1-2H3,(H,20,21). The predicted octanol–water partition coefficient (Wildman–Crippen LogP) is 2.11. The van der Waals surface area contributed by atoms with Gasteiger partial charge in [-0.25, -0.2) is 4.79 Å². The van der Waals surface area contributed by atoms with Gasteiger partial charge in [-0.1, -0.05) is 25.1 Å². The van der Waals surface area contributed by atoms with Gasteiger partial charge >= 0.3 is 5.97 Å². The number of fused-ring (bicyclic) bond motifs is 1. The number of amides is 1. The lowest BCUT2D eigenvalue weighted by Crippen LogP contribution is -2.39. The number of rotatable bonds is 6. The minimum absolute atomic E-state index is 0.0288. The van der Waals surface area contributed by atoms with Crippen LogP contribution in [0.1, 0.15) is 41.2 Å². The molecule has 1 aliphatic rings. The number of carbonyl (C=O) groups excluding carboxylic acids is 2. The molecule has 7 heteroatoms. The molecule has 1 aromatic heterocycles. The van der Waals surface area contributed by atoms with Crippen LogP contribution >= 0.6 is 0 Å². The highest BCUT2D eigenvalue weighted by molar-refractivity contribution is 5.89. The number of nitrogens with one attached hydrogen (secondary N) is 1. The van der Waals surface area contributed by atoms with Crippen LogP contribution in [0, 0.1) is 0 Å². The fourth-order valence-electron chi connectivity index (χ4n) is 3.04. The smallest absolute Gasteiger partial charge is 0.359 e. The highest BCUT2D eigenvalue weighted by Crippen LogP contribution is 2.22. The van der Waals surface area contributed by atoms with Crippen molar-refractivity contribution in [2.24, 2.45) is 0 Å². The summed E-state index contributed by atoms with van der Waals surface area (Å²) in [4.78, 5) is 26.3. The summed E-state index contributed by atoms with van der Waals surface area (Å²) in [6, 6.07) is 7.71. The number of hydrogen-bond donors (Lipinski definition) is 1. The van der Waals surface area contributed by atoms with Gasteiger partial charge in [-0.05, 0) is 25.0 Å². The summed E-state index contributed by atoms with van der Waals surface area (Å²) in [5.74, 6) is 0.154. The number of esters is 1. The van der Waals surface area contributed by atoms with Crippen molar-refractivity contribution < 1.29 is 19.1 Å². The maximum atomic E-state index is 12.6. The van der Waals surface area contributed by atoms with Crippen LogP contribution in [0.3, 0.4) is 0 Å². The topological polar surface area (TPSA) is 84.5 Å². The van der Waals surface area contributed by atoms with Gasteiger partial charge in [0, 0.05) is 24.2 Å². The molecule has 1 amide bonds. The number of para-hydroxylation sites is 1. The first-order valence-electron chi connectivity index (χ1n) is 8.85. The number of benzene rings is 1. The molecule has 0 bridgehead atoms. The van der Waals surface area contributed by atoms with Crippen molar-refractivity contribution in [1.82, 2.24) is 15.1 Å². The lowest BCUT2D eigenvalue weighted by molar-refractivity contribution is -0.134. The molecule has 0 saturated carbocycles. The quantitative estimate of drug-likeness (QED) is 0.801. The van der Waals surface area contributed by atoms with E-state index in [2.05, 4.69) is 10.2 Å². The third-order valence-corrected chi connectivity index (χ3v) is 4.46. The number of aromatic amines is 1. The van der Waals surface area contributed by atoms with E-state index in [1.807, 2.05) is 31.2 Å². The average molecular weight is 357 g/mol. The molecule has 26 heavy (non-hydrogen) atoms. The molecule has 2 heterocycles. The van der Waals surface area contributed by atoms with Crippen LogP contribution in [0.4, 0.5) is 0 Å². The molecule has 1 aliphatic heterocycles. The van der Waals surface area contributed by atoms with Crippen LogP contribution in [-0.4, -0.2) is 46.7 Å².